The van der Waals surface area contributed by atoms with Crippen LogP contribution in [0.25, 0.3) is 0 Å². The van der Waals surface area contributed by atoms with Crippen LogP contribution < -0.4 is 5.32 Å². The largest absolute Gasteiger partial charge is 0.387 e. The topological polar surface area (TPSA) is 62.2 Å². The van der Waals surface area contributed by atoms with Crippen LogP contribution in [0.4, 0.5) is 0 Å². The lowest BCUT2D eigenvalue weighted by atomic mass is 10.1. The van der Waals surface area contributed by atoms with E-state index >= 15 is 0 Å². The lowest BCUT2D eigenvalue weighted by molar-refractivity contribution is 0.0725. The molecule has 0 saturated carbocycles. The van der Waals surface area contributed by atoms with E-state index in [2.05, 4.69) is 26.2 Å². The van der Waals surface area contributed by atoms with Crippen LogP contribution in [0.2, 0.25) is 5.02 Å². The molecule has 1 amide bonds. The van der Waals surface area contributed by atoms with Gasteiger partial charge in [0.15, 0.2) is 0 Å². The summed E-state index contributed by atoms with van der Waals surface area (Å²) >= 11 is 10.6. The number of aliphatic hydroxyl groups is 1. The van der Waals surface area contributed by atoms with Gasteiger partial charge in [-0.2, -0.15) is 11.8 Å². The van der Waals surface area contributed by atoms with Gasteiger partial charge < -0.3 is 10.4 Å². The second-order valence-electron chi connectivity index (χ2n) is 4.10. The van der Waals surface area contributed by atoms with Crippen molar-refractivity contribution in [2.75, 3.05) is 18.6 Å². The normalized spacial score (nSPS) is 14.1. The Balaban J connectivity index is 2.69. The molecule has 1 aromatic heterocycles. The molecule has 1 heterocycles. The molecule has 0 aliphatic carbocycles. The van der Waals surface area contributed by atoms with Crippen LogP contribution in [0.1, 0.15) is 17.3 Å². The van der Waals surface area contributed by atoms with E-state index in [0.717, 1.165) is 0 Å². The Hall–Kier alpha value is -0.300. The lowest BCUT2D eigenvalue weighted by Crippen LogP contribution is -2.42. The molecule has 2 N–H and O–H groups in total. The average molecular weight is 354 g/mol. The predicted octanol–water partition coefficient (Wildman–Crippen LogP) is 2.34. The number of thioether (sulfide) groups is 1. The van der Waals surface area contributed by atoms with Crippen molar-refractivity contribution in [3.8, 4) is 0 Å². The summed E-state index contributed by atoms with van der Waals surface area (Å²) in [6, 6.07) is 1.54. The van der Waals surface area contributed by atoms with Gasteiger partial charge in [-0.15, -0.1) is 0 Å². The van der Waals surface area contributed by atoms with Gasteiger partial charge in [0.2, 0.25) is 0 Å². The number of carbonyl (C=O) groups is 1. The summed E-state index contributed by atoms with van der Waals surface area (Å²) in [5.74, 6) is 0.214. The molecular formula is C11H14BrClN2O2S. The molecule has 18 heavy (non-hydrogen) atoms. The van der Waals surface area contributed by atoms with E-state index in [1.54, 1.807) is 13.0 Å². The third-order valence-corrected chi connectivity index (χ3v) is 3.80. The molecule has 0 spiro atoms. The third kappa shape index (κ3) is 4.76. The molecule has 1 atom stereocenters. The fourth-order valence-corrected chi connectivity index (χ4v) is 2.56. The standard InChI is InChI=1S/C11H14BrClN2O2S/c1-11(17,6-18-2)5-15-10(16)7-3-9(12)14-4-8(7)13/h3-4,17H,5-6H2,1-2H3,(H,15,16)/t11-/m0/s1. The van der Waals surface area contributed by atoms with Crippen LogP contribution in [0.5, 0.6) is 0 Å². The van der Waals surface area contributed by atoms with Gasteiger partial charge in [-0.25, -0.2) is 4.98 Å². The Labute approximate surface area is 124 Å². The number of hydrogen-bond acceptors (Lipinski definition) is 4. The first-order chi connectivity index (χ1) is 8.35. The number of halogens is 2. The van der Waals surface area contributed by atoms with Crippen LogP contribution in [0.15, 0.2) is 16.9 Å². The van der Waals surface area contributed by atoms with Crippen molar-refractivity contribution in [3.63, 3.8) is 0 Å². The Morgan fingerprint density at radius 2 is 2.39 bits per heavy atom. The van der Waals surface area contributed by atoms with Crippen molar-refractivity contribution in [1.29, 1.82) is 0 Å². The average Bonchev–Trinajstić information content (AvgIpc) is 2.29. The molecule has 1 aromatic rings. The summed E-state index contributed by atoms with van der Waals surface area (Å²) in [4.78, 5) is 15.8. The van der Waals surface area contributed by atoms with Crippen LogP contribution in [-0.4, -0.2) is 40.2 Å². The van der Waals surface area contributed by atoms with E-state index in [9.17, 15) is 9.90 Å². The number of pyridine rings is 1. The summed E-state index contributed by atoms with van der Waals surface area (Å²) in [6.45, 7) is 1.84. The van der Waals surface area contributed by atoms with Gasteiger partial charge in [-0.1, -0.05) is 11.6 Å². The molecule has 0 fully saturated rings. The summed E-state index contributed by atoms with van der Waals surface area (Å²) in [5, 5.41) is 12.9. The van der Waals surface area contributed by atoms with E-state index in [-0.39, 0.29) is 17.5 Å². The summed E-state index contributed by atoms with van der Waals surface area (Å²) in [6.07, 6.45) is 3.30. The SMILES string of the molecule is CSC[C@@](C)(O)CNC(=O)c1cc(Br)ncc1Cl. The first-order valence-electron chi connectivity index (χ1n) is 5.16. The third-order valence-electron chi connectivity index (χ3n) is 2.15. The molecule has 0 aliphatic heterocycles. The van der Waals surface area contributed by atoms with Crippen molar-refractivity contribution in [2.45, 2.75) is 12.5 Å². The highest BCUT2D eigenvalue weighted by Crippen LogP contribution is 2.18. The van der Waals surface area contributed by atoms with Gasteiger partial charge in [0.05, 0.1) is 16.2 Å². The van der Waals surface area contributed by atoms with Gasteiger partial charge in [0, 0.05) is 18.5 Å². The zero-order valence-electron chi connectivity index (χ0n) is 10.0. The van der Waals surface area contributed by atoms with Crippen LogP contribution in [-0.2, 0) is 0 Å². The van der Waals surface area contributed by atoms with Gasteiger partial charge in [-0.05, 0) is 35.2 Å². The number of rotatable bonds is 5. The zero-order valence-corrected chi connectivity index (χ0v) is 13.2. The minimum absolute atomic E-state index is 0.170. The summed E-state index contributed by atoms with van der Waals surface area (Å²) < 4.78 is 0.535. The van der Waals surface area contributed by atoms with Crippen molar-refractivity contribution < 1.29 is 9.90 Å². The van der Waals surface area contributed by atoms with E-state index in [1.165, 1.54) is 18.0 Å². The monoisotopic (exact) mass is 352 g/mol. The fraction of sp³-hybridized carbons (Fsp3) is 0.455. The van der Waals surface area contributed by atoms with Crippen LogP contribution in [0, 0.1) is 0 Å². The molecule has 1 rings (SSSR count). The minimum Gasteiger partial charge on any atom is -0.387 e. The maximum atomic E-state index is 11.9. The lowest BCUT2D eigenvalue weighted by Gasteiger charge is -2.22. The highest BCUT2D eigenvalue weighted by atomic mass is 79.9. The van der Waals surface area contributed by atoms with Gasteiger partial charge >= 0.3 is 0 Å². The number of nitrogens with one attached hydrogen (secondary N) is 1. The maximum Gasteiger partial charge on any atom is 0.253 e. The number of aromatic nitrogens is 1. The zero-order chi connectivity index (χ0) is 13.8. The van der Waals surface area contributed by atoms with Crippen molar-refractivity contribution in [2.24, 2.45) is 0 Å². The molecule has 0 radical (unpaired) electrons. The fourth-order valence-electron chi connectivity index (χ4n) is 1.32. The molecule has 4 nitrogen and oxygen atoms in total. The molecular weight excluding hydrogens is 340 g/mol. The molecule has 0 unspecified atom stereocenters. The Bertz CT molecular complexity index is 443. The van der Waals surface area contributed by atoms with Gasteiger partial charge in [0.25, 0.3) is 5.91 Å². The molecule has 7 heteroatoms. The van der Waals surface area contributed by atoms with Crippen molar-refractivity contribution in [3.05, 3.63) is 27.5 Å². The molecule has 0 aromatic carbocycles. The highest BCUT2D eigenvalue weighted by molar-refractivity contribution is 9.10. The van der Waals surface area contributed by atoms with Gasteiger partial charge in [-0.3, -0.25) is 4.79 Å². The van der Waals surface area contributed by atoms with Crippen LogP contribution >= 0.6 is 39.3 Å². The predicted molar refractivity (Wildman–Crippen MR) is 78.3 cm³/mol. The smallest absolute Gasteiger partial charge is 0.253 e. The number of amides is 1. The quantitative estimate of drug-likeness (QED) is 0.798. The first-order valence-corrected chi connectivity index (χ1v) is 7.73. The maximum absolute atomic E-state index is 11.9. The Kier molecular flexibility index (Phi) is 5.91. The molecule has 100 valence electrons. The Morgan fingerprint density at radius 3 is 3.00 bits per heavy atom. The van der Waals surface area contributed by atoms with E-state index < -0.39 is 5.60 Å². The number of hydrogen-bond donors (Lipinski definition) is 2. The first kappa shape index (κ1) is 15.8. The van der Waals surface area contributed by atoms with E-state index in [0.29, 0.717) is 15.9 Å². The van der Waals surface area contributed by atoms with Crippen molar-refractivity contribution in [1.82, 2.24) is 10.3 Å². The van der Waals surface area contributed by atoms with Crippen molar-refractivity contribution >= 4 is 45.2 Å². The summed E-state index contributed by atoms with van der Waals surface area (Å²) in [7, 11) is 0. The molecule has 0 saturated heterocycles. The van der Waals surface area contributed by atoms with E-state index in [1.807, 2.05) is 6.26 Å². The second kappa shape index (κ2) is 6.75. The number of nitrogens with zero attached hydrogens (tertiary/aromatic N) is 1. The Morgan fingerprint density at radius 1 is 1.72 bits per heavy atom. The summed E-state index contributed by atoms with van der Waals surface area (Å²) in [5.41, 5.74) is -0.607. The molecule has 0 aliphatic rings. The van der Waals surface area contributed by atoms with E-state index in [4.69, 9.17) is 11.6 Å². The molecule has 0 bridgehead atoms. The van der Waals surface area contributed by atoms with Gasteiger partial charge in [0.1, 0.15) is 4.60 Å². The second-order valence-corrected chi connectivity index (χ2v) is 6.19. The number of carbonyl (C=O) groups excluding carboxylic acids is 1. The van der Waals surface area contributed by atoms with Crippen LogP contribution in [0.3, 0.4) is 0 Å². The minimum atomic E-state index is -0.939. The highest BCUT2D eigenvalue weighted by Gasteiger charge is 2.21.